The molecule has 3 aliphatic rings. The van der Waals surface area contributed by atoms with Crippen LogP contribution in [0.4, 0.5) is 0 Å². The van der Waals surface area contributed by atoms with Crippen molar-refractivity contribution in [1.29, 1.82) is 0 Å². The summed E-state index contributed by atoms with van der Waals surface area (Å²) >= 11 is 0. The molecule has 3 rings (SSSR count). The first-order valence-electron chi connectivity index (χ1n) is 6.85. The summed E-state index contributed by atoms with van der Waals surface area (Å²) in [5, 5.41) is 0. The lowest BCUT2D eigenvalue weighted by molar-refractivity contribution is -0.173. The van der Waals surface area contributed by atoms with Crippen LogP contribution in [0.3, 0.4) is 0 Å². The molecule has 1 heteroatoms. The first-order chi connectivity index (χ1) is 7.31. The van der Waals surface area contributed by atoms with E-state index in [0.717, 1.165) is 31.1 Å². The van der Waals surface area contributed by atoms with Gasteiger partial charge in [-0.1, -0.05) is 27.7 Å². The number of Topliss-reactive ketones (excluding diaryl/α,β-unsaturated/α-hetero) is 1. The molecule has 16 heavy (non-hydrogen) atoms. The topological polar surface area (TPSA) is 17.1 Å². The van der Waals surface area contributed by atoms with Crippen molar-refractivity contribution in [2.24, 2.45) is 28.1 Å². The Balaban J connectivity index is 1.98. The molecule has 0 amide bonds. The van der Waals surface area contributed by atoms with Gasteiger partial charge in [-0.15, -0.1) is 0 Å². The lowest BCUT2D eigenvalue weighted by Gasteiger charge is -2.65. The normalized spacial score (nSPS) is 54.1. The third-order valence-electron chi connectivity index (χ3n) is 6.76. The number of hydrogen-bond acceptors (Lipinski definition) is 1. The largest absolute Gasteiger partial charge is 0.299 e. The van der Waals surface area contributed by atoms with Crippen LogP contribution in [0, 0.1) is 28.1 Å². The van der Waals surface area contributed by atoms with E-state index in [2.05, 4.69) is 27.7 Å². The van der Waals surface area contributed by atoms with E-state index in [1.165, 1.54) is 12.8 Å². The highest BCUT2D eigenvalue weighted by Gasteiger charge is 2.67. The van der Waals surface area contributed by atoms with Crippen molar-refractivity contribution in [1.82, 2.24) is 0 Å². The minimum absolute atomic E-state index is 0.0185. The van der Waals surface area contributed by atoms with Gasteiger partial charge >= 0.3 is 0 Å². The van der Waals surface area contributed by atoms with E-state index in [0.29, 0.717) is 16.6 Å². The van der Waals surface area contributed by atoms with Crippen molar-refractivity contribution in [3.05, 3.63) is 0 Å². The Morgan fingerprint density at radius 3 is 2.38 bits per heavy atom. The molecule has 0 aromatic heterocycles. The second-order valence-corrected chi connectivity index (χ2v) is 7.62. The van der Waals surface area contributed by atoms with Gasteiger partial charge in [0.25, 0.3) is 0 Å². The fourth-order valence-corrected chi connectivity index (χ4v) is 5.21. The molecular formula is C15H24O. The third-order valence-corrected chi connectivity index (χ3v) is 6.76. The minimum Gasteiger partial charge on any atom is -0.299 e. The third kappa shape index (κ3) is 0.966. The van der Waals surface area contributed by atoms with E-state index < -0.39 is 0 Å². The first kappa shape index (κ1) is 10.8. The molecule has 0 N–H and O–H groups in total. The van der Waals surface area contributed by atoms with Gasteiger partial charge in [-0.3, -0.25) is 4.79 Å². The predicted octanol–water partition coefficient (Wildman–Crippen LogP) is 3.82. The van der Waals surface area contributed by atoms with E-state index in [1.807, 2.05) is 0 Å². The van der Waals surface area contributed by atoms with Crippen LogP contribution in [0.15, 0.2) is 0 Å². The van der Waals surface area contributed by atoms with E-state index in [9.17, 15) is 4.79 Å². The smallest absolute Gasteiger partial charge is 0.139 e. The zero-order valence-corrected chi connectivity index (χ0v) is 11.1. The van der Waals surface area contributed by atoms with Crippen LogP contribution in [0.2, 0.25) is 0 Å². The summed E-state index contributed by atoms with van der Waals surface area (Å²) in [5.74, 6) is 2.27. The summed E-state index contributed by atoms with van der Waals surface area (Å²) in [6.45, 7) is 9.49. The molecule has 0 heterocycles. The highest BCUT2D eigenvalue weighted by atomic mass is 16.1. The molecule has 0 unspecified atom stereocenters. The number of hydrogen-bond donors (Lipinski definition) is 0. The molecule has 0 aliphatic heterocycles. The standard InChI is InChI=1S/C15H24O/c1-13(2)9-11-10(13)5-7-15(4)12(16)6-8-14(11,15)3/h10-11H,5-9H2,1-4H3/t10-,11+,14+,15+/m1/s1. The Hall–Kier alpha value is -0.330. The van der Waals surface area contributed by atoms with Crippen molar-refractivity contribution in [3.8, 4) is 0 Å². The van der Waals surface area contributed by atoms with Crippen LogP contribution in [-0.4, -0.2) is 5.78 Å². The summed E-state index contributed by atoms with van der Waals surface area (Å²) in [6.07, 6.45) is 5.77. The van der Waals surface area contributed by atoms with Crippen LogP contribution >= 0.6 is 0 Å². The van der Waals surface area contributed by atoms with E-state index in [1.54, 1.807) is 0 Å². The minimum atomic E-state index is 0.0185. The van der Waals surface area contributed by atoms with E-state index in [-0.39, 0.29) is 5.41 Å². The van der Waals surface area contributed by atoms with Gasteiger partial charge in [0.1, 0.15) is 5.78 Å². The molecule has 90 valence electrons. The average Bonchev–Trinajstić information content (AvgIpc) is 2.41. The van der Waals surface area contributed by atoms with Crippen molar-refractivity contribution < 1.29 is 4.79 Å². The number of ketones is 1. The Labute approximate surface area is 99.0 Å². The lowest BCUT2D eigenvalue weighted by atomic mass is 9.39. The molecule has 0 aromatic rings. The van der Waals surface area contributed by atoms with Gasteiger partial charge in [0.05, 0.1) is 0 Å². The highest BCUT2D eigenvalue weighted by molar-refractivity contribution is 5.88. The van der Waals surface area contributed by atoms with Crippen LogP contribution in [-0.2, 0) is 4.79 Å². The van der Waals surface area contributed by atoms with Gasteiger partial charge in [-0.2, -0.15) is 0 Å². The average molecular weight is 220 g/mol. The van der Waals surface area contributed by atoms with Gasteiger partial charge in [0, 0.05) is 11.8 Å². The second kappa shape index (κ2) is 2.73. The monoisotopic (exact) mass is 220 g/mol. The molecule has 1 nitrogen and oxygen atoms in total. The van der Waals surface area contributed by atoms with Crippen LogP contribution < -0.4 is 0 Å². The molecule has 0 saturated heterocycles. The molecule has 3 aliphatic carbocycles. The molecule has 3 fully saturated rings. The molecule has 4 atom stereocenters. The van der Waals surface area contributed by atoms with Crippen molar-refractivity contribution in [2.45, 2.75) is 59.8 Å². The van der Waals surface area contributed by atoms with Crippen molar-refractivity contribution >= 4 is 5.78 Å². The van der Waals surface area contributed by atoms with Gasteiger partial charge in [0.2, 0.25) is 0 Å². The number of fused-ring (bicyclic) bond motifs is 3. The first-order valence-corrected chi connectivity index (χ1v) is 6.85. The quantitative estimate of drug-likeness (QED) is 0.606. The summed E-state index contributed by atoms with van der Waals surface area (Å²) in [5.41, 5.74) is 0.883. The van der Waals surface area contributed by atoms with E-state index in [4.69, 9.17) is 0 Å². The Bertz CT molecular complexity index is 356. The number of carbonyl (C=O) groups excluding carboxylic acids is 1. The summed E-state index contributed by atoms with van der Waals surface area (Å²) in [7, 11) is 0. The van der Waals surface area contributed by atoms with Crippen LogP contribution in [0.1, 0.15) is 59.8 Å². The molecule has 0 spiro atoms. The molecular weight excluding hydrogens is 196 g/mol. The summed E-state index contributed by atoms with van der Waals surface area (Å²) in [4.78, 5) is 12.2. The molecule has 3 saturated carbocycles. The van der Waals surface area contributed by atoms with Crippen molar-refractivity contribution in [3.63, 3.8) is 0 Å². The maximum Gasteiger partial charge on any atom is 0.139 e. The van der Waals surface area contributed by atoms with Gasteiger partial charge < -0.3 is 0 Å². The predicted molar refractivity (Wildman–Crippen MR) is 65.1 cm³/mol. The highest BCUT2D eigenvalue weighted by Crippen LogP contribution is 2.71. The van der Waals surface area contributed by atoms with Crippen LogP contribution in [0.25, 0.3) is 0 Å². The van der Waals surface area contributed by atoms with Gasteiger partial charge in [-0.25, -0.2) is 0 Å². The SMILES string of the molecule is CC1(C)C[C@H]2[C@H]1CC[C@@]1(C)C(=O)CC[C@@]21C. The maximum absolute atomic E-state index is 12.2. The maximum atomic E-state index is 12.2. The fraction of sp³-hybridized carbons (Fsp3) is 0.933. The zero-order valence-electron chi connectivity index (χ0n) is 11.1. The Morgan fingerprint density at radius 1 is 1.06 bits per heavy atom. The Kier molecular flexibility index (Phi) is 1.85. The summed E-state index contributed by atoms with van der Waals surface area (Å²) < 4.78 is 0. The Morgan fingerprint density at radius 2 is 1.75 bits per heavy atom. The van der Waals surface area contributed by atoms with E-state index >= 15 is 0 Å². The zero-order chi connectivity index (χ0) is 11.8. The number of carbonyl (C=O) groups is 1. The lowest BCUT2D eigenvalue weighted by Crippen LogP contribution is -2.59. The molecule has 0 radical (unpaired) electrons. The fourth-order valence-electron chi connectivity index (χ4n) is 5.21. The van der Waals surface area contributed by atoms with Crippen molar-refractivity contribution in [2.75, 3.05) is 0 Å². The summed E-state index contributed by atoms with van der Waals surface area (Å²) in [6, 6.07) is 0. The van der Waals surface area contributed by atoms with Gasteiger partial charge in [0.15, 0.2) is 0 Å². The molecule has 0 aromatic carbocycles. The number of rotatable bonds is 0. The van der Waals surface area contributed by atoms with Crippen LogP contribution in [0.5, 0.6) is 0 Å². The second-order valence-electron chi connectivity index (χ2n) is 7.62. The van der Waals surface area contributed by atoms with Gasteiger partial charge in [-0.05, 0) is 48.3 Å². The molecule has 0 bridgehead atoms.